The molecule has 0 atom stereocenters. The lowest BCUT2D eigenvalue weighted by Gasteiger charge is -2.21. The Labute approximate surface area is 149 Å². The largest absolute Gasteiger partial charge is 0.454 e. The van der Waals surface area contributed by atoms with E-state index in [4.69, 9.17) is 30.5 Å². The van der Waals surface area contributed by atoms with Gasteiger partial charge in [0.15, 0.2) is 23.0 Å². The van der Waals surface area contributed by atoms with Crippen molar-refractivity contribution >= 4 is 17.5 Å². The molecule has 2 aliphatic heterocycles. The molecular formula is C18H16ClNO5. The summed E-state index contributed by atoms with van der Waals surface area (Å²) >= 11 is 6.18. The second-order valence-electron chi connectivity index (χ2n) is 5.70. The van der Waals surface area contributed by atoms with E-state index in [1.54, 1.807) is 17.0 Å². The fraction of sp³-hybridized carbons (Fsp3) is 0.278. The van der Waals surface area contributed by atoms with E-state index in [1.165, 1.54) is 0 Å². The maximum atomic E-state index is 12.9. The number of benzene rings is 2. The van der Waals surface area contributed by atoms with Crippen LogP contribution in [0.15, 0.2) is 30.3 Å². The van der Waals surface area contributed by atoms with E-state index in [0.717, 1.165) is 11.3 Å². The highest BCUT2D eigenvalue weighted by Gasteiger charge is 2.23. The maximum Gasteiger partial charge on any atom is 0.254 e. The van der Waals surface area contributed by atoms with Crippen molar-refractivity contribution in [2.24, 2.45) is 0 Å². The van der Waals surface area contributed by atoms with Crippen molar-refractivity contribution in [3.63, 3.8) is 0 Å². The average molecular weight is 362 g/mol. The first kappa shape index (κ1) is 15.9. The Morgan fingerprint density at radius 1 is 1.04 bits per heavy atom. The fourth-order valence-corrected chi connectivity index (χ4v) is 3.13. The summed E-state index contributed by atoms with van der Waals surface area (Å²) < 4.78 is 21.3. The zero-order chi connectivity index (χ0) is 17.4. The monoisotopic (exact) mass is 361 g/mol. The second-order valence-corrected chi connectivity index (χ2v) is 6.11. The number of halogens is 1. The molecule has 0 aromatic heterocycles. The second kappa shape index (κ2) is 6.37. The van der Waals surface area contributed by atoms with Crippen LogP contribution in [0.1, 0.15) is 22.8 Å². The van der Waals surface area contributed by atoms with Crippen LogP contribution in [0.4, 0.5) is 0 Å². The summed E-state index contributed by atoms with van der Waals surface area (Å²) in [5, 5.41) is 0.373. The van der Waals surface area contributed by atoms with Crippen LogP contribution in [0.3, 0.4) is 0 Å². The Hall–Kier alpha value is -2.60. The molecule has 0 radical (unpaired) electrons. The standard InChI is InChI=1S/C18H16ClNO5/c1-2-20(8-11-3-4-14-15(5-11)23-9-22-14)18(21)12-6-13(19)17-16(7-12)24-10-25-17/h3-7H,2,8-10H2,1H3. The molecule has 2 heterocycles. The van der Waals surface area contributed by atoms with E-state index < -0.39 is 0 Å². The van der Waals surface area contributed by atoms with Crippen molar-refractivity contribution in [3.8, 4) is 23.0 Å². The topological polar surface area (TPSA) is 57.2 Å². The van der Waals surface area contributed by atoms with Gasteiger partial charge in [-0.15, -0.1) is 0 Å². The van der Waals surface area contributed by atoms with Gasteiger partial charge in [0.1, 0.15) is 0 Å². The van der Waals surface area contributed by atoms with E-state index in [1.807, 2.05) is 25.1 Å². The summed E-state index contributed by atoms with van der Waals surface area (Å²) in [5.74, 6) is 2.28. The highest BCUT2D eigenvalue weighted by atomic mass is 35.5. The van der Waals surface area contributed by atoms with E-state index in [9.17, 15) is 4.79 Å². The molecule has 0 aliphatic carbocycles. The van der Waals surface area contributed by atoms with Gasteiger partial charge in [-0.1, -0.05) is 17.7 Å². The average Bonchev–Trinajstić information content (AvgIpc) is 3.27. The van der Waals surface area contributed by atoms with Crippen LogP contribution in [-0.2, 0) is 6.54 Å². The number of nitrogens with zero attached hydrogens (tertiary/aromatic N) is 1. The molecule has 7 heteroatoms. The molecule has 6 nitrogen and oxygen atoms in total. The van der Waals surface area contributed by atoms with Crippen LogP contribution in [0.5, 0.6) is 23.0 Å². The molecule has 0 fully saturated rings. The van der Waals surface area contributed by atoms with E-state index in [2.05, 4.69) is 0 Å². The van der Waals surface area contributed by atoms with Gasteiger partial charge >= 0.3 is 0 Å². The lowest BCUT2D eigenvalue weighted by atomic mass is 10.1. The van der Waals surface area contributed by atoms with Crippen molar-refractivity contribution in [3.05, 3.63) is 46.5 Å². The maximum absolute atomic E-state index is 12.9. The summed E-state index contributed by atoms with van der Waals surface area (Å²) in [6.07, 6.45) is 0. The number of rotatable bonds is 4. The van der Waals surface area contributed by atoms with Crippen LogP contribution in [0, 0.1) is 0 Å². The molecule has 130 valence electrons. The Kier molecular flexibility index (Phi) is 4.05. The summed E-state index contributed by atoms with van der Waals surface area (Å²) in [7, 11) is 0. The highest BCUT2D eigenvalue weighted by molar-refractivity contribution is 6.32. The van der Waals surface area contributed by atoms with Crippen molar-refractivity contribution in [2.75, 3.05) is 20.1 Å². The smallest absolute Gasteiger partial charge is 0.254 e. The molecule has 2 aromatic carbocycles. The third kappa shape index (κ3) is 2.93. The lowest BCUT2D eigenvalue weighted by molar-refractivity contribution is 0.0752. The summed E-state index contributed by atoms with van der Waals surface area (Å²) in [5.41, 5.74) is 1.43. The normalized spacial score (nSPS) is 13.8. The minimum Gasteiger partial charge on any atom is -0.454 e. The van der Waals surface area contributed by atoms with Gasteiger partial charge < -0.3 is 23.8 Å². The lowest BCUT2D eigenvalue weighted by Crippen LogP contribution is -2.30. The Morgan fingerprint density at radius 3 is 2.64 bits per heavy atom. The number of fused-ring (bicyclic) bond motifs is 2. The van der Waals surface area contributed by atoms with Gasteiger partial charge in [0.05, 0.1) is 5.02 Å². The van der Waals surface area contributed by atoms with Crippen molar-refractivity contribution in [1.82, 2.24) is 4.90 Å². The molecule has 4 rings (SSSR count). The molecule has 0 spiro atoms. The third-order valence-electron chi connectivity index (χ3n) is 4.15. The van der Waals surface area contributed by atoms with Gasteiger partial charge in [-0.3, -0.25) is 4.79 Å². The summed E-state index contributed by atoms with van der Waals surface area (Å²) in [6.45, 7) is 3.28. The van der Waals surface area contributed by atoms with Gasteiger partial charge in [0, 0.05) is 18.7 Å². The number of hydrogen-bond acceptors (Lipinski definition) is 5. The van der Waals surface area contributed by atoms with Crippen LogP contribution >= 0.6 is 11.6 Å². The van der Waals surface area contributed by atoms with Gasteiger partial charge in [0.25, 0.3) is 5.91 Å². The molecule has 2 aliphatic rings. The highest BCUT2D eigenvalue weighted by Crippen LogP contribution is 2.40. The molecule has 25 heavy (non-hydrogen) atoms. The van der Waals surface area contributed by atoms with Crippen LogP contribution in [0.2, 0.25) is 5.02 Å². The number of carbonyl (C=O) groups excluding carboxylic acids is 1. The molecule has 1 amide bonds. The number of amides is 1. The van der Waals surface area contributed by atoms with Crippen molar-refractivity contribution in [1.29, 1.82) is 0 Å². The van der Waals surface area contributed by atoms with E-state index in [-0.39, 0.29) is 19.5 Å². The Morgan fingerprint density at radius 2 is 1.80 bits per heavy atom. The molecule has 0 saturated heterocycles. The van der Waals surface area contributed by atoms with Gasteiger partial charge in [-0.05, 0) is 36.8 Å². The SMILES string of the molecule is CCN(Cc1ccc2c(c1)OCO2)C(=O)c1cc(Cl)c2c(c1)OCO2. The zero-order valence-electron chi connectivity index (χ0n) is 13.6. The fourth-order valence-electron chi connectivity index (χ4n) is 2.86. The van der Waals surface area contributed by atoms with Crippen molar-refractivity contribution in [2.45, 2.75) is 13.5 Å². The molecule has 0 saturated carbocycles. The van der Waals surface area contributed by atoms with Gasteiger partial charge in [0.2, 0.25) is 13.6 Å². The summed E-state index contributed by atoms with van der Waals surface area (Å²) in [4.78, 5) is 14.6. The predicted molar refractivity (Wildman–Crippen MR) is 90.6 cm³/mol. The molecule has 0 bridgehead atoms. The zero-order valence-corrected chi connectivity index (χ0v) is 14.3. The molecule has 0 N–H and O–H groups in total. The number of hydrogen-bond donors (Lipinski definition) is 0. The van der Waals surface area contributed by atoms with Gasteiger partial charge in [-0.2, -0.15) is 0 Å². The molecule has 2 aromatic rings. The third-order valence-corrected chi connectivity index (χ3v) is 4.43. The van der Waals surface area contributed by atoms with Crippen LogP contribution in [0.25, 0.3) is 0 Å². The predicted octanol–water partition coefficient (Wildman–Crippen LogP) is 3.46. The first-order chi connectivity index (χ1) is 12.2. The first-order valence-corrected chi connectivity index (χ1v) is 8.30. The summed E-state index contributed by atoms with van der Waals surface area (Å²) in [6, 6.07) is 8.95. The van der Waals surface area contributed by atoms with E-state index >= 15 is 0 Å². The quantitative estimate of drug-likeness (QED) is 0.834. The van der Waals surface area contributed by atoms with E-state index in [0.29, 0.717) is 40.9 Å². The minimum atomic E-state index is -0.125. The van der Waals surface area contributed by atoms with Crippen molar-refractivity contribution < 1.29 is 23.7 Å². The number of carbonyl (C=O) groups is 1. The first-order valence-electron chi connectivity index (χ1n) is 7.92. The Balaban J connectivity index is 1.56. The van der Waals surface area contributed by atoms with Crippen LogP contribution in [-0.4, -0.2) is 30.9 Å². The molecule has 0 unspecified atom stereocenters. The Bertz CT molecular complexity index is 838. The minimum absolute atomic E-state index is 0.112. The molecular weight excluding hydrogens is 346 g/mol. The van der Waals surface area contributed by atoms with Crippen LogP contribution < -0.4 is 18.9 Å². The number of ether oxygens (including phenoxy) is 4. The van der Waals surface area contributed by atoms with Gasteiger partial charge in [-0.25, -0.2) is 0 Å².